The molecule has 0 saturated heterocycles. The first-order chi connectivity index (χ1) is 18.6. The summed E-state index contributed by atoms with van der Waals surface area (Å²) >= 11 is 0. The third-order valence-corrected chi connectivity index (χ3v) is 7.91. The Labute approximate surface area is 238 Å². The van der Waals surface area contributed by atoms with Crippen molar-refractivity contribution in [2.45, 2.75) is 206 Å². The van der Waals surface area contributed by atoms with Crippen LogP contribution >= 0.6 is 0 Å². The van der Waals surface area contributed by atoms with Gasteiger partial charge in [-0.2, -0.15) is 0 Å². The van der Waals surface area contributed by atoms with Crippen molar-refractivity contribution in [1.29, 1.82) is 0 Å². The van der Waals surface area contributed by atoms with Gasteiger partial charge in [0, 0.05) is 12.8 Å². The van der Waals surface area contributed by atoms with Crippen LogP contribution in [0, 0.1) is 0 Å². The number of hydrogen-bond acceptors (Lipinski definition) is 3. The summed E-state index contributed by atoms with van der Waals surface area (Å²) in [6, 6.07) is 0. The van der Waals surface area contributed by atoms with E-state index in [4.69, 9.17) is 0 Å². The van der Waals surface area contributed by atoms with Crippen LogP contribution in [0.3, 0.4) is 0 Å². The van der Waals surface area contributed by atoms with E-state index in [0.717, 1.165) is 25.7 Å². The van der Waals surface area contributed by atoms with E-state index in [2.05, 4.69) is 13.8 Å². The van der Waals surface area contributed by atoms with Crippen LogP contribution in [-0.2, 0) is 14.4 Å². The summed E-state index contributed by atoms with van der Waals surface area (Å²) < 4.78 is 0. The largest absolute Gasteiger partial charge is 0.299 e. The second kappa shape index (κ2) is 30.6. The van der Waals surface area contributed by atoms with Crippen LogP contribution in [0.25, 0.3) is 0 Å². The molecule has 0 N–H and O–H groups in total. The fourth-order valence-electron chi connectivity index (χ4n) is 5.36. The van der Waals surface area contributed by atoms with E-state index in [1.54, 1.807) is 0 Å². The average Bonchev–Trinajstić information content (AvgIpc) is 2.89. The molecule has 0 fully saturated rings. The minimum atomic E-state index is -0.176. The maximum absolute atomic E-state index is 12.1. The highest BCUT2D eigenvalue weighted by molar-refractivity contribution is 6.07. The average molecular weight is 535 g/mol. The third kappa shape index (κ3) is 29.6. The zero-order chi connectivity index (χ0) is 27.9. The first-order valence-electron chi connectivity index (χ1n) is 17.1. The second-order valence-electron chi connectivity index (χ2n) is 12.0. The zero-order valence-corrected chi connectivity index (χ0v) is 25.9. The third-order valence-electron chi connectivity index (χ3n) is 7.91. The molecule has 0 spiro atoms. The topological polar surface area (TPSA) is 51.2 Å². The Balaban J connectivity index is 3.42. The molecule has 0 atom stereocenters. The molecule has 0 aromatic heterocycles. The molecule has 0 rings (SSSR count). The molecule has 0 heterocycles. The lowest BCUT2D eigenvalue weighted by Gasteiger charge is -2.04. The number of Topliss-reactive ketones (excluding diaryl/α,β-unsaturated/α-hetero) is 3. The lowest BCUT2D eigenvalue weighted by atomic mass is 10.0. The van der Waals surface area contributed by atoms with E-state index in [1.807, 2.05) is 0 Å². The van der Waals surface area contributed by atoms with Crippen LogP contribution in [0.15, 0.2) is 0 Å². The van der Waals surface area contributed by atoms with Crippen LogP contribution in [0.5, 0.6) is 0 Å². The van der Waals surface area contributed by atoms with E-state index >= 15 is 0 Å². The molecule has 0 aliphatic heterocycles. The van der Waals surface area contributed by atoms with Crippen molar-refractivity contribution >= 4 is 17.3 Å². The highest BCUT2D eigenvalue weighted by Gasteiger charge is 2.13. The van der Waals surface area contributed by atoms with Gasteiger partial charge in [-0.3, -0.25) is 14.4 Å². The van der Waals surface area contributed by atoms with Crippen LogP contribution in [0.4, 0.5) is 0 Å². The maximum Gasteiger partial charge on any atom is 0.147 e. The molecule has 0 aliphatic carbocycles. The summed E-state index contributed by atoms with van der Waals surface area (Å²) in [6.45, 7) is 4.53. The molecule has 0 aromatic rings. The van der Waals surface area contributed by atoms with Crippen molar-refractivity contribution in [2.75, 3.05) is 0 Å². The van der Waals surface area contributed by atoms with E-state index in [-0.39, 0.29) is 30.2 Å². The fraction of sp³-hybridized carbons (Fsp3) is 0.914. The van der Waals surface area contributed by atoms with Gasteiger partial charge in [-0.25, -0.2) is 0 Å². The Hall–Kier alpha value is -0.990. The van der Waals surface area contributed by atoms with Crippen molar-refractivity contribution in [3.63, 3.8) is 0 Å². The van der Waals surface area contributed by atoms with Gasteiger partial charge in [0.15, 0.2) is 0 Å². The smallest absolute Gasteiger partial charge is 0.147 e. The summed E-state index contributed by atoms with van der Waals surface area (Å²) in [7, 11) is 0. The van der Waals surface area contributed by atoms with E-state index in [0.29, 0.717) is 12.8 Å². The van der Waals surface area contributed by atoms with Crippen LogP contribution in [0.2, 0.25) is 0 Å². The Bertz CT molecular complexity index is 493. The minimum absolute atomic E-state index is 0.0202. The van der Waals surface area contributed by atoms with Crippen LogP contribution in [0.1, 0.15) is 206 Å². The lowest BCUT2D eigenvalue weighted by Crippen LogP contribution is -2.12. The zero-order valence-electron chi connectivity index (χ0n) is 25.9. The Morgan fingerprint density at radius 1 is 0.289 bits per heavy atom. The molecule has 0 saturated carbocycles. The van der Waals surface area contributed by atoms with Crippen molar-refractivity contribution in [2.24, 2.45) is 0 Å². The van der Waals surface area contributed by atoms with E-state index < -0.39 is 0 Å². The molecule has 0 unspecified atom stereocenters. The highest BCUT2D eigenvalue weighted by atomic mass is 16.2. The molecule has 224 valence electrons. The van der Waals surface area contributed by atoms with Gasteiger partial charge in [0.25, 0.3) is 0 Å². The predicted octanol–water partition coefficient (Wildman–Crippen LogP) is 11.4. The molecule has 0 aromatic carbocycles. The number of unbranched alkanes of at least 4 members (excludes halogenated alkanes) is 24. The van der Waals surface area contributed by atoms with Gasteiger partial charge >= 0.3 is 0 Å². The number of carbonyl (C=O) groups excluding carboxylic acids is 3. The molecule has 0 bridgehead atoms. The van der Waals surface area contributed by atoms with E-state index in [1.165, 1.54) is 141 Å². The molecule has 0 amide bonds. The van der Waals surface area contributed by atoms with Gasteiger partial charge in [-0.1, -0.05) is 168 Å². The van der Waals surface area contributed by atoms with Gasteiger partial charge < -0.3 is 0 Å². The van der Waals surface area contributed by atoms with Crippen molar-refractivity contribution < 1.29 is 14.4 Å². The van der Waals surface area contributed by atoms with Gasteiger partial charge in [0.05, 0.1) is 12.8 Å². The number of carbonyl (C=O) groups is 3. The minimum Gasteiger partial charge on any atom is -0.299 e. The summed E-state index contributed by atoms with van der Waals surface area (Å²) in [6.07, 6.45) is 34.3. The first-order valence-corrected chi connectivity index (χ1v) is 17.1. The second-order valence-corrected chi connectivity index (χ2v) is 12.0. The molecule has 0 radical (unpaired) electrons. The molecular formula is C35H66O3. The number of hydrogen-bond donors (Lipinski definition) is 0. The predicted molar refractivity (Wildman–Crippen MR) is 165 cm³/mol. The van der Waals surface area contributed by atoms with Crippen LogP contribution in [-0.4, -0.2) is 17.3 Å². The molecule has 0 aliphatic rings. The molecular weight excluding hydrogens is 468 g/mol. The Kier molecular flexibility index (Phi) is 29.8. The first kappa shape index (κ1) is 37.0. The summed E-state index contributed by atoms with van der Waals surface area (Å²) in [5, 5.41) is 0. The fourth-order valence-corrected chi connectivity index (χ4v) is 5.36. The normalized spacial score (nSPS) is 11.2. The van der Waals surface area contributed by atoms with E-state index in [9.17, 15) is 14.4 Å². The molecule has 38 heavy (non-hydrogen) atoms. The Morgan fingerprint density at radius 3 is 0.737 bits per heavy atom. The van der Waals surface area contributed by atoms with Crippen LogP contribution < -0.4 is 0 Å². The standard InChI is InChI=1S/C35H66O3/c1-3-5-7-9-11-13-15-17-19-21-23-25-27-29-33(36)31-35(38)32-34(37)30-28-26-24-22-20-18-16-14-12-10-8-6-4-2/h3-32H2,1-2H3. The quantitative estimate of drug-likeness (QED) is 0.0637. The molecule has 3 nitrogen and oxygen atoms in total. The maximum atomic E-state index is 12.1. The monoisotopic (exact) mass is 535 g/mol. The Morgan fingerprint density at radius 2 is 0.500 bits per heavy atom. The number of ketones is 3. The van der Waals surface area contributed by atoms with Crippen molar-refractivity contribution in [1.82, 2.24) is 0 Å². The summed E-state index contributed by atoms with van der Waals surface area (Å²) in [4.78, 5) is 36.3. The number of rotatable bonds is 32. The SMILES string of the molecule is CCCCCCCCCCCCCCCC(=O)CC(=O)CC(=O)CCCCCCCCCCCCCCC. The van der Waals surface area contributed by atoms with Crippen molar-refractivity contribution in [3.8, 4) is 0 Å². The summed E-state index contributed by atoms with van der Waals surface area (Å²) in [5.41, 5.74) is 0. The van der Waals surface area contributed by atoms with Gasteiger partial charge in [0.1, 0.15) is 17.3 Å². The lowest BCUT2D eigenvalue weighted by molar-refractivity contribution is -0.130. The molecule has 3 heteroatoms. The van der Waals surface area contributed by atoms with Gasteiger partial charge in [0.2, 0.25) is 0 Å². The highest BCUT2D eigenvalue weighted by Crippen LogP contribution is 2.15. The van der Waals surface area contributed by atoms with Gasteiger partial charge in [-0.05, 0) is 12.8 Å². The summed E-state index contributed by atoms with van der Waals surface area (Å²) in [5.74, 6) is -0.136. The van der Waals surface area contributed by atoms with Gasteiger partial charge in [-0.15, -0.1) is 0 Å². The van der Waals surface area contributed by atoms with Crippen molar-refractivity contribution in [3.05, 3.63) is 0 Å².